The van der Waals surface area contributed by atoms with E-state index >= 15 is 0 Å². The van der Waals surface area contributed by atoms with Crippen LogP contribution in [0.15, 0.2) is 34.7 Å². The molecule has 0 atom stereocenters. The van der Waals surface area contributed by atoms with Gasteiger partial charge in [0.15, 0.2) is 5.82 Å². The number of benzene rings is 1. The molecular formula is C23H28FN5S2. The van der Waals surface area contributed by atoms with Crippen LogP contribution in [0.2, 0.25) is 0 Å². The Hall–Kier alpha value is -1.90. The van der Waals surface area contributed by atoms with Gasteiger partial charge in [0, 0.05) is 49.2 Å². The third-order valence-electron chi connectivity index (χ3n) is 5.82. The van der Waals surface area contributed by atoms with Gasteiger partial charge in [0.1, 0.15) is 10.0 Å². The van der Waals surface area contributed by atoms with Gasteiger partial charge in [-0.05, 0) is 37.5 Å². The van der Waals surface area contributed by atoms with Gasteiger partial charge in [0.25, 0.3) is 0 Å². The molecule has 3 aromatic rings. The minimum atomic E-state index is -0.234. The number of aromatic nitrogens is 3. The van der Waals surface area contributed by atoms with Crippen molar-refractivity contribution >= 4 is 28.9 Å². The smallest absolute Gasteiger partial charge is 0.213 e. The number of thiazole rings is 1. The first-order valence-corrected chi connectivity index (χ1v) is 12.7. The molecule has 1 saturated heterocycles. The van der Waals surface area contributed by atoms with Crippen molar-refractivity contribution in [1.29, 1.82) is 0 Å². The van der Waals surface area contributed by atoms with E-state index in [9.17, 15) is 4.39 Å². The number of hydrogen-bond donors (Lipinski definition) is 0. The Kier molecular flexibility index (Phi) is 5.79. The van der Waals surface area contributed by atoms with Crippen molar-refractivity contribution in [2.45, 2.75) is 49.1 Å². The highest BCUT2D eigenvalue weighted by Crippen LogP contribution is 2.40. The Balaban J connectivity index is 1.44. The molecule has 1 aliphatic carbocycles. The predicted octanol–water partition coefficient (Wildman–Crippen LogP) is 5.23. The fourth-order valence-corrected chi connectivity index (χ4v) is 6.57. The summed E-state index contributed by atoms with van der Waals surface area (Å²) in [5.41, 5.74) is 2.65. The lowest BCUT2D eigenvalue weighted by atomic mass is 10.1. The minimum absolute atomic E-state index is 0.234. The van der Waals surface area contributed by atoms with Crippen LogP contribution in [0, 0.1) is 12.7 Å². The van der Waals surface area contributed by atoms with Crippen molar-refractivity contribution in [3.05, 3.63) is 42.0 Å². The van der Waals surface area contributed by atoms with Gasteiger partial charge in [-0.1, -0.05) is 37.3 Å². The van der Waals surface area contributed by atoms with Crippen LogP contribution in [-0.4, -0.2) is 57.1 Å². The largest absolute Gasteiger partial charge is 0.352 e. The molecule has 0 unspecified atom stereocenters. The molecule has 2 fully saturated rings. The molecule has 3 heterocycles. The van der Waals surface area contributed by atoms with Gasteiger partial charge in [0.2, 0.25) is 5.13 Å². The molecule has 5 nitrogen and oxygen atoms in total. The standard InChI is InChI=1S/C23H28FN5S2/c1-15(2)30-22-21(28-11-9-27(10-12-28)19-7-8-19)25-23(31-22)29-14-20(16(3)26-29)17-5-4-6-18(24)13-17/h4-6,13-15,19H,7-12H2,1-3H3. The van der Waals surface area contributed by atoms with E-state index in [-0.39, 0.29) is 5.82 Å². The highest BCUT2D eigenvalue weighted by molar-refractivity contribution is 8.01. The second kappa shape index (κ2) is 8.56. The molecule has 0 amide bonds. The van der Waals surface area contributed by atoms with Crippen LogP contribution in [0.1, 0.15) is 32.4 Å². The zero-order valence-corrected chi connectivity index (χ0v) is 19.8. The Labute approximate surface area is 191 Å². The van der Waals surface area contributed by atoms with E-state index in [2.05, 4.69) is 23.6 Å². The minimum Gasteiger partial charge on any atom is -0.352 e. The average Bonchev–Trinajstić information content (AvgIpc) is 3.40. The van der Waals surface area contributed by atoms with Crippen LogP contribution in [0.25, 0.3) is 16.3 Å². The monoisotopic (exact) mass is 457 g/mol. The highest BCUT2D eigenvalue weighted by Gasteiger charge is 2.32. The molecule has 164 valence electrons. The summed E-state index contributed by atoms with van der Waals surface area (Å²) in [7, 11) is 0. The Morgan fingerprint density at radius 2 is 1.94 bits per heavy atom. The normalized spacial score (nSPS) is 17.6. The number of hydrogen-bond acceptors (Lipinski definition) is 6. The topological polar surface area (TPSA) is 37.2 Å². The number of halogens is 1. The van der Waals surface area contributed by atoms with Gasteiger partial charge in [-0.25, -0.2) is 9.07 Å². The first-order chi connectivity index (χ1) is 15.0. The molecule has 1 saturated carbocycles. The molecule has 1 aromatic carbocycles. The second-order valence-corrected chi connectivity index (χ2v) is 11.4. The zero-order chi connectivity index (χ0) is 21.5. The van der Waals surface area contributed by atoms with E-state index in [1.165, 1.54) is 23.1 Å². The van der Waals surface area contributed by atoms with Crippen molar-refractivity contribution < 1.29 is 4.39 Å². The average molecular weight is 458 g/mol. The van der Waals surface area contributed by atoms with E-state index in [0.717, 1.165) is 60.0 Å². The summed E-state index contributed by atoms with van der Waals surface area (Å²) < 4.78 is 16.8. The predicted molar refractivity (Wildman–Crippen MR) is 127 cm³/mol. The molecule has 0 bridgehead atoms. The summed E-state index contributed by atoms with van der Waals surface area (Å²) in [5.74, 6) is 0.858. The fourth-order valence-electron chi connectivity index (χ4n) is 4.11. The summed E-state index contributed by atoms with van der Waals surface area (Å²) >= 11 is 3.57. The molecule has 0 N–H and O–H groups in total. The number of aryl methyl sites for hydroxylation is 1. The Morgan fingerprint density at radius 3 is 2.61 bits per heavy atom. The van der Waals surface area contributed by atoms with Gasteiger partial charge in [-0.3, -0.25) is 4.90 Å². The van der Waals surface area contributed by atoms with Crippen molar-refractivity contribution in [1.82, 2.24) is 19.7 Å². The first-order valence-electron chi connectivity index (χ1n) is 11.0. The molecular weight excluding hydrogens is 429 g/mol. The van der Waals surface area contributed by atoms with Gasteiger partial charge >= 0.3 is 0 Å². The zero-order valence-electron chi connectivity index (χ0n) is 18.2. The molecule has 2 aliphatic rings. The van der Waals surface area contributed by atoms with Crippen LogP contribution in [0.4, 0.5) is 10.2 Å². The van der Waals surface area contributed by atoms with Crippen molar-refractivity contribution in [3.63, 3.8) is 0 Å². The number of anilines is 1. The van der Waals surface area contributed by atoms with E-state index in [4.69, 9.17) is 10.1 Å². The van der Waals surface area contributed by atoms with Crippen molar-refractivity contribution in [2.24, 2.45) is 0 Å². The quantitative estimate of drug-likeness (QED) is 0.474. The van der Waals surface area contributed by atoms with E-state index in [0.29, 0.717) is 5.25 Å². The van der Waals surface area contributed by atoms with Gasteiger partial charge in [-0.15, -0.1) is 11.8 Å². The summed E-state index contributed by atoms with van der Waals surface area (Å²) in [6, 6.07) is 7.51. The van der Waals surface area contributed by atoms with Crippen molar-refractivity contribution in [3.8, 4) is 16.3 Å². The second-order valence-electron chi connectivity index (χ2n) is 8.61. The molecule has 5 rings (SSSR count). The Bertz CT molecular complexity index is 1060. The molecule has 0 radical (unpaired) electrons. The number of piperazine rings is 1. The first kappa shape index (κ1) is 21.0. The number of thioether (sulfide) groups is 1. The highest BCUT2D eigenvalue weighted by atomic mass is 32.2. The van der Waals surface area contributed by atoms with Crippen LogP contribution >= 0.6 is 23.1 Å². The molecule has 8 heteroatoms. The van der Waals surface area contributed by atoms with Crippen LogP contribution < -0.4 is 4.90 Å². The third-order valence-corrected chi connectivity index (χ3v) is 8.05. The van der Waals surface area contributed by atoms with Gasteiger partial charge in [-0.2, -0.15) is 10.1 Å². The number of nitrogens with zero attached hydrogens (tertiary/aromatic N) is 5. The van der Waals surface area contributed by atoms with Gasteiger partial charge in [0.05, 0.1) is 5.69 Å². The summed E-state index contributed by atoms with van der Waals surface area (Å²) in [6.07, 6.45) is 4.70. The van der Waals surface area contributed by atoms with Crippen LogP contribution in [-0.2, 0) is 0 Å². The van der Waals surface area contributed by atoms with E-state index in [1.54, 1.807) is 23.5 Å². The maximum Gasteiger partial charge on any atom is 0.213 e. The molecule has 1 aliphatic heterocycles. The SMILES string of the molecule is Cc1nn(-c2nc(N3CCN(C4CC4)CC3)c(SC(C)C)s2)cc1-c1cccc(F)c1. The maximum absolute atomic E-state index is 13.7. The third kappa shape index (κ3) is 4.52. The van der Waals surface area contributed by atoms with Crippen LogP contribution in [0.5, 0.6) is 0 Å². The lowest BCUT2D eigenvalue weighted by Crippen LogP contribution is -2.47. The maximum atomic E-state index is 13.7. The van der Waals surface area contributed by atoms with E-state index < -0.39 is 0 Å². The molecule has 31 heavy (non-hydrogen) atoms. The Morgan fingerprint density at radius 1 is 1.16 bits per heavy atom. The lowest BCUT2D eigenvalue weighted by molar-refractivity contribution is 0.247. The summed E-state index contributed by atoms with van der Waals surface area (Å²) in [5, 5.41) is 6.07. The van der Waals surface area contributed by atoms with Crippen molar-refractivity contribution in [2.75, 3.05) is 31.1 Å². The summed E-state index contributed by atoms with van der Waals surface area (Å²) in [4.78, 5) is 10.1. The van der Waals surface area contributed by atoms with Crippen LogP contribution in [0.3, 0.4) is 0 Å². The lowest BCUT2D eigenvalue weighted by Gasteiger charge is -2.35. The molecule has 0 spiro atoms. The summed E-state index contributed by atoms with van der Waals surface area (Å²) in [6.45, 7) is 10.7. The van der Waals surface area contributed by atoms with Gasteiger partial charge < -0.3 is 4.90 Å². The molecule has 2 aromatic heterocycles. The van der Waals surface area contributed by atoms with E-state index in [1.807, 2.05) is 35.6 Å². The number of rotatable bonds is 6. The fraction of sp³-hybridized carbons (Fsp3) is 0.478.